The summed E-state index contributed by atoms with van der Waals surface area (Å²) in [5.41, 5.74) is 2.68. The Morgan fingerprint density at radius 2 is 1.60 bits per heavy atom. The number of non-ortho nitro benzene ring substituents is 2. The van der Waals surface area contributed by atoms with Crippen molar-refractivity contribution in [1.29, 1.82) is 0 Å². The van der Waals surface area contributed by atoms with Crippen LogP contribution in [-0.2, 0) is 16.2 Å². The molecule has 1 saturated carbocycles. The second-order valence-corrected chi connectivity index (χ2v) is 17.9. The molecular weight excluding hydrogens is 881 g/mol. The van der Waals surface area contributed by atoms with E-state index in [2.05, 4.69) is 24.8 Å². The Hall–Kier alpha value is -6.27. The van der Waals surface area contributed by atoms with Crippen LogP contribution in [0.5, 0.6) is 17.2 Å². The van der Waals surface area contributed by atoms with E-state index in [0.29, 0.717) is 42.2 Å². The molecule has 0 saturated heterocycles. The molecule has 16 nitrogen and oxygen atoms in total. The number of ether oxygens (including phenoxy) is 4. The Kier molecular flexibility index (Phi) is 16.7. The highest BCUT2D eigenvalue weighted by Crippen LogP contribution is 2.62. The van der Waals surface area contributed by atoms with Crippen LogP contribution in [0.15, 0.2) is 131 Å². The van der Waals surface area contributed by atoms with Gasteiger partial charge in [-0.1, -0.05) is 48.3 Å². The molecule has 1 aliphatic heterocycles. The number of nitrogens with zero attached hydrogens (tertiary/aromatic N) is 4. The van der Waals surface area contributed by atoms with Gasteiger partial charge in [-0.15, -0.1) is 18.3 Å². The number of aliphatic hydroxyl groups excluding tert-OH is 2. The predicted molar refractivity (Wildman–Crippen MR) is 252 cm³/mol. The topological polar surface area (TPSA) is 206 Å². The van der Waals surface area contributed by atoms with E-state index in [4.69, 9.17) is 28.9 Å². The highest BCUT2D eigenvalue weighted by Gasteiger charge is 2.65. The maximum Gasteiger partial charge on any atom is 0.415 e. The number of fused-ring (bicyclic) bond motifs is 2. The van der Waals surface area contributed by atoms with Gasteiger partial charge in [0.15, 0.2) is 0 Å². The maximum absolute atomic E-state index is 14.3. The summed E-state index contributed by atoms with van der Waals surface area (Å²) in [7, 11) is 1.58. The van der Waals surface area contributed by atoms with E-state index in [1.54, 1.807) is 37.0 Å². The fourth-order valence-electron chi connectivity index (χ4n) is 9.49. The Morgan fingerprint density at radius 3 is 2.27 bits per heavy atom. The fraction of sp³-hybridized carbons (Fsp3) is 0.400. The average Bonchev–Trinajstić information content (AvgIpc) is 3.34. The molecule has 0 bridgehead atoms. The van der Waals surface area contributed by atoms with Gasteiger partial charge in [0, 0.05) is 73.1 Å². The lowest BCUT2D eigenvalue weighted by atomic mass is 9.55. The van der Waals surface area contributed by atoms with Gasteiger partial charge in [-0.3, -0.25) is 20.2 Å². The minimum atomic E-state index is -1.56. The van der Waals surface area contributed by atoms with Crippen molar-refractivity contribution in [3.05, 3.63) is 153 Å². The molecule has 2 N–H and O–H groups in total. The molecule has 0 aromatic heterocycles. The summed E-state index contributed by atoms with van der Waals surface area (Å²) < 4.78 is 26.4. The summed E-state index contributed by atoms with van der Waals surface area (Å²) in [6.45, 7) is 4.55. The molecule has 7 rings (SSSR count). The van der Waals surface area contributed by atoms with Crippen LogP contribution in [-0.4, -0.2) is 87.8 Å². The van der Waals surface area contributed by atoms with Gasteiger partial charge in [0.25, 0.3) is 11.4 Å². The van der Waals surface area contributed by atoms with Crippen LogP contribution >= 0.6 is 11.8 Å². The van der Waals surface area contributed by atoms with Crippen molar-refractivity contribution < 1.29 is 48.6 Å². The van der Waals surface area contributed by atoms with Gasteiger partial charge >= 0.3 is 6.09 Å². The second-order valence-electron chi connectivity index (χ2n) is 16.7. The molecule has 354 valence electrons. The molecule has 1 amide bonds. The molecule has 17 heteroatoms. The standard InChI is InChI=1S/C50H56N4O12S/c1-3-27-63-50-46(52(2)49(57)65-38-21-19-37(20-22-38)54(60)61)32-44(51-64-33-34-15-17-36(18-16-34)53(58)59)42-30-35(11-7-9-25-55)41(14-8-10-26-56)47(48(42)50)43-31-39(23-24-45(43)66-50)62-28-29-67-40-12-5-4-6-13-40/h3-6,12-13,15-24,30-31,35,41,46-48,55-56H,1,7-11,14,25-29,32-33H2,2H3. The molecule has 0 spiro atoms. The third-order valence-electron chi connectivity index (χ3n) is 12.6. The fourth-order valence-corrected chi connectivity index (χ4v) is 10.2. The number of unbranched alkanes of at least 4 members (excludes halogenated alkanes) is 2. The van der Waals surface area contributed by atoms with Gasteiger partial charge in [-0.25, -0.2) is 4.79 Å². The number of nitro groups is 2. The monoisotopic (exact) mass is 936 g/mol. The number of carbonyl (C=O) groups is 1. The largest absolute Gasteiger partial charge is 0.493 e. The van der Waals surface area contributed by atoms with Crippen LogP contribution < -0.4 is 14.2 Å². The van der Waals surface area contributed by atoms with E-state index in [1.807, 2.05) is 36.4 Å². The smallest absolute Gasteiger partial charge is 0.415 e. The average molecular weight is 937 g/mol. The number of benzene rings is 4. The second kappa shape index (κ2) is 23.0. The van der Waals surface area contributed by atoms with Crippen LogP contribution in [0.25, 0.3) is 0 Å². The van der Waals surface area contributed by atoms with Crippen molar-refractivity contribution in [2.45, 2.75) is 74.2 Å². The van der Waals surface area contributed by atoms with E-state index in [-0.39, 0.29) is 67.7 Å². The van der Waals surface area contributed by atoms with Crippen molar-refractivity contribution in [2.24, 2.45) is 22.9 Å². The summed E-state index contributed by atoms with van der Waals surface area (Å²) >= 11 is 1.70. The number of amides is 1. The Balaban J connectivity index is 1.34. The first kappa shape index (κ1) is 48.7. The van der Waals surface area contributed by atoms with Gasteiger partial charge in [-0.2, -0.15) is 0 Å². The molecule has 4 aromatic carbocycles. The number of rotatable bonds is 23. The van der Waals surface area contributed by atoms with E-state index in [1.165, 1.54) is 41.3 Å². The summed E-state index contributed by atoms with van der Waals surface area (Å²) in [5.74, 6) is -0.496. The summed E-state index contributed by atoms with van der Waals surface area (Å²) in [6, 6.07) is 26.2. The molecular formula is C50H56N4O12S. The third kappa shape index (κ3) is 11.5. The molecule has 2 aliphatic carbocycles. The van der Waals surface area contributed by atoms with E-state index in [9.17, 15) is 35.2 Å². The lowest BCUT2D eigenvalue weighted by molar-refractivity contribution is -0.385. The Labute approximate surface area is 393 Å². The number of likely N-dealkylation sites (N-methyl/N-ethyl adjacent to an activating group) is 1. The molecule has 1 heterocycles. The Bertz CT molecular complexity index is 2400. The molecule has 4 aromatic rings. The van der Waals surface area contributed by atoms with Crippen LogP contribution in [0.2, 0.25) is 0 Å². The lowest BCUT2D eigenvalue weighted by Gasteiger charge is -2.59. The van der Waals surface area contributed by atoms with E-state index < -0.39 is 33.7 Å². The van der Waals surface area contributed by atoms with Gasteiger partial charge in [-0.05, 0) is 103 Å². The Morgan fingerprint density at radius 1 is 0.925 bits per heavy atom. The normalized spacial score (nSPS) is 22.0. The minimum absolute atomic E-state index is 0.00400. The third-order valence-corrected chi connectivity index (χ3v) is 13.5. The number of nitro benzene ring substituents is 2. The van der Waals surface area contributed by atoms with Crippen LogP contribution in [0.3, 0.4) is 0 Å². The van der Waals surface area contributed by atoms with Gasteiger partial charge in [0.2, 0.25) is 5.79 Å². The number of hydrogen-bond acceptors (Lipinski definition) is 14. The molecule has 3 aliphatic rings. The van der Waals surface area contributed by atoms with Crippen LogP contribution in [0, 0.1) is 38.0 Å². The first-order valence-electron chi connectivity index (χ1n) is 22.5. The van der Waals surface area contributed by atoms with Crippen LogP contribution in [0.1, 0.15) is 62.0 Å². The molecule has 6 atom stereocenters. The van der Waals surface area contributed by atoms with Crippen LogP contribution in [0.4, 0.5) is 16.2 Å². The van der Waals surface area contributed by atoms with E-state index >= 15 is 0 Å². The van der Waals surface area contributed by atoms with Crippen molar-refractivity contribution in [3.63, 3.8) is 0 Å². The first-order chi connectivity index (χ1) is 32.6. The summed E-state index contributed by atoms with van der Waals surface area (Å²) in [6.07, 6.45) is 7.34. The predicted octanol–water partition coefficient (Wildman–Crippen LogP) is 9.64. The van der Waals surface area contributed by atoms with Gasteiger partial charge < -0.3 is 38.9 Å². The number of oxime groups is 1. The zero-order valence-electron chi connectivity index (χ0n) is 37.4. The highest BCUT2D eigenvalue weighted by atomic mass is 32.2. The molecule has 1 fully saturated rings. The quantitative estimate of drug-likeness (QED) is 0.0234. The SMILES string of the molecule is C=CCOC12Oc3ccc(OCCSc4ccccc4)cc3C3C(CCCCO)C(CCCCO)C=C(C(=NOCc4ccc([N+](=O)[O-])cc4)CC1N(C)C(=O)Oc1ccc([N+](=O)[O-])cc1)C32. The summed E-state index contributed by atoms with van der Waals surface area (Å²) in [5, 5.41) is 47.4. The van der Waals surface area contributed by atoms with Crippen molar-refractivity contribution in [3.8, 4) is 17.2 Å². The van der Waals surface area contributed by atoms with Crippen molar-refractivity contribution in [1.82, 2.24) is 4.90 Å². The zero-order chi connectivity index (χ0) is 47.3. The molecule has 67 heavy (non-hydrogen) atoms. The van der Waals surface area contributed by atoms with Gasteiger partial charge in [0.1, 0.15) is 29.9 Å². The number of allylic oxidation sites excluding steroid dienone is 1. The lowest BCUT2D eigenvalue weighted by Crippen LogP contribution is -2.69. The van der Waals surface area contributed by atoms with Crippen molar-refractivity contribution >= 4 is 34.9 Å². The number of thioether (sulfide) groups is 1. The van der Waals surface area contributed by atoms with E-state index in [0.717, 1.165) is 47.5 Å². The minimum Gasteiger partial charge on any atom is -0.493 e. The number of hydrogen-bond donors (Lipinski definition) is 2. The molecule has 0 radical (unpaired) electrons. The highest BCUT2D eigenvalue weighted by molar-refractivity contribution is 7.99. The zero-order valence-corrected chi connectivity index (χ0v) is 38.2. The number of aliphatic hydroxyl groups is 2. The van der Waals surface area contributed by atoms with Gasteiger partial charge in [0.05, 0.1) is 34.7 Å². The molecule has 6 unspecified atom stereocenters. The van der Waals surface area contributed by atoms with Crippen molar-refractivity contribution in [2.75, 3.05) is 39.2 Å². The first-order valence-corrected chi connectivity index (χ1v) is 23.5. The number of carbonyl (C=O) groups excluding carboxylic acids is 1. The maximum atomic E-state index is 14.3. The summed E-state index contributed by atoms with van der Waals surface area (Å²) in [4.78, 5) is 44.7.